The molecule has 0 bridgehead atoms. The van der Waals surface area contributed by atoms with Crippen molar-refractivity contribution in [3.05, 3.63) is 56.9 Å². The number of aliphatic hydroxyl groups excluding tert-OH is 1. The van der Waals surface area contributed by atoms with E-state index in [0.717, 1.165) is 16.5 Å². The van der Waals surface area contributed by atoms with Crippen LogP contribution in [0, 0.1) is 0 Å². The second kappa shape index (κ2) is 6.79. The minimum absolute atomic E-state index is 0.0123. The number of aromatic nitrogens is 2. The number of rotatable bonds is 5. The lowest BCUT2D eigenvalue weighted by Crippen LogP contribution is -2.34. The maximum absolute atomic E-state index is 13.1. The smallest absolute Gasteiger partial charge is 0.257 e. The Bertz CT molecular complexity index is 1210. The molecule has 1 aliphatic heterocycles. The molecule has 7 heteroatoms. The molecule has 3 aromatic rings. The van der Waals surface area contributed by atoms with Crippen molar-refractivity contribution in [2.24, 2.45) is 0 Å². The Morgan fingerprint density at radius 3 is 2.62 bits per heavy atom. The van der Waals surface area contributed by atoms with Crippen molar-refractivity contribution in [3.63, 3.8) is 0 Å². The fourth-order valence-corrected chi connectivity index (χ4v) is 4.22. The first-order valence-electron chi connectivity index (χ1n) is 9.60. The summed E-state index contributed by atoms with van der Waals surface area (Å²) in [5.41, 5.74) is 1.50. The third-order valence-corrected chi connectivity index (χ3v) is 5.86. The zero-order chi connectivity index (χ0) is 20.9. The number of hydrogen-bond donors (Lipinski definition) is 3. The lowest BCUT2D eigenvalue weighted by atomic mass is 9.89. The summed E-state index contributed by atoms with van der Waals surface area (Å²) in [7, 11) is 0. The van der Waals surface area contributed by atoms with Gasteiger partial charge in [0.1, 0.15) is 11.4 Å². The van der Waals surface area contributed by atoms with Gasteiger partial charge in [0.2, 0.25) is 0 Å². The van der Waals surface area contributed by atoms with Gasteiger partial charge in [0.15, 0.2) is 6.29 Å². The molecule has 7 nitrogen and oxygen atoms in total. The van der Waals surface area contributed by atoms with E-state index < -0.39 is 17.8 Å². The van der Waals surface area contributed by atoms with Crippen LogP contribution in [0.15, 0.2) is 29.1 Å². The first-order chi connectivity index (χ1) is 13.9. The van der Waals surface area contributed by atoms with E-state index in [0.29, 0.717) is 29.6 Å². The quantitative estimate of drug-likeness (QED) is 0.446. The standard InChI is InChI=1S/C22H22N2O5/c1-3-13-14-7-12(27)5-6-18(14)23-20-15(13)9-24-19(20)8-17(16(10-25)21(24)28)22(29,4-2)11-26/h5-8,11,25,27,29H,3-4,9-10H2,1-2H3. The molecule has 3 heterocycles. The van der Waals surface area contributed by atoms with Gasteiger partial charge in [0.25, 0.3) is 5.56 Å². The van der Waals surface area contributed by atoms with Crippen molar-refractivity contribution in [1.82, 2.24) is 9.55 Å². The largest absolute Gasteiger partial charge is 0.508 e. The third kappa shape index (κ3) is 2.69. The number of phenols is 1. The van der Waals surface area contributed by atoms with Crippen LogP contribution in [-0.2, 0) is 30.0 Å². The van der Waals surface area contributed by atoms with Crippen LogP contribution < -0.4 is 5.56 Å². The van der Waals surface area contributed by atoms with E-state index in [-0.39, 0.29) is 29.8 Å². The molecule has 1 unspecified atom stereocenters. The Morgan fingerprint density at radius 1 is 1.24 bits per heavy atom. The number of carbonyl (C=O) groups is 1. The summed E-state index contributed by atoms with van der Waals surface area (Å²) >= 11 is 0. The van der Waals surface area contributed by atoms with Crippen molar-refractivity contribution in [2.45, 2.75) is 45.4 Å². The second-order valence-corrected chi connectivity index (χ2v) is 7.34. The van der Waals surface area contributed by atoms with E-state index in [9.17, 15) is 24.9 Å². The fraction of sp³-hybridized carbons (Fsp3) is 0.318. The van der Waals surface area contributed by atoms with Crippen molar-refractivity contribution < 1.29 is 20.1 Å². The first-order valence-corrected chi connectivity index (χ1v) is 9.60. The van der Waals surface area contributed by atoms with Gasteiger partial charge < -0.3 is 19.9 Å². The summed E-state index contributed by atoms with van der Waals surface area (Å²) in [6.07, 6.45) is 1.16. The molecule has 0 aliphatic carbocycles. The Hall–Kier alpha value is -3.03. The minimum atomic E-state index is -1.86. The molecule has 2 aromatic heterocycles. The number of carbonyl (C=O) groups excluding carboxylic acids is 1. The molecule has 1 atom stereocenters. The predicted molar refractivity (Wildman–Crippen MR) is 108 cm³/mol. The van der Waals surface area contributed by atoms with E-state index in [1.54, 1.807) is 31.2 Å². The van der Waals surface area contributed by atoms with Crippen LogP contribution in [0.4, 0.5) is 0 Å². The first kappa shape index (κ1) is 19.3. The van der Waals surface area contributed by atoms with E-state index in [1.807, 2.05) is 6.92 Å². The van der Waals surface area contributed by atoms with Gasteiger partial charge in [-0.1, -0.05) is 13.8 Å². The van der Waals surface area contributed by atoms with Gasteiger partial charge in [-0.05, 0) is 42.7 Å². The van der Waals surface area contributed by atoms with Crippen molar-refractivity contribution in [2.75, 3.05) is 0 Å². The van der Waals surface area contributed by atoms with Gasteiger partial charge in [-0.3, -0.25) is 9.59 Å². The zero-order valence-corrected chi connectivity index (χ0v) is 16.3. The molecular formula is C22H22N2O5. The maximum Gasteiger partial charge on any atom is 0.257 e. The molecule has 1 aliphatic rings. The normalized spacial score (nSPS) is 14.5. The molecule has 0 saturated carbocycles. The van der Waals surface area contributed by atoms with Crippen LogP contribution in [0.5, 0.6) is 5.75 Å². The van der Waals surface area contributed by atoms with Gasteiger partial charge >= 0.3 is 0 Å². The molecule has 0 radical (unpaired) electrons. The number of aryl methyl sites for hydroxylation is 1. The average Bonchev–Trinajstić information content (AvgIpc) is 3.10. The van der Waals surface area contributed by atoms with Crippen LogP contribution in [-0.4, -0.2) is 31.2 Å². The number of nitrogens with zero attached hydrogens (tertiary/aromatic N) is 2. The number of benzene rings is 1. The van der Waals surface area contributed by atoms with Crippen LogP contribution in [0.25, 0.3) is 22.3 Å². The molecule has 3 N–H and O–H groups in total. The molecule has 4 rings (SSSR count). The lowest BCUT2D eigenvalue weighted by Gasteiger charge is -2.23. The van der Waals surface area contributed by atoms with Crippen LogP contribution in [0.1, 0.15) is 42.5 Å². The van der Waals surface area contributed by atoms with E-state index >= 15 is 0 Å². The lowest BCUT2D eigenvalue weighted by molar-refractivity contribution is -0.125. The van der Waals surface area contributed by atoms with Crippen LogP contribution in [0.3, 0.4) is 0 Å². The van der Waals surface area contributed by atoms with E-state index in [1.165, 1.54) is 4.57 Å². The summed E-state index contributed by atoms with van der Waals surface area (Å²) < 4.78 is 1.52. The van der Waals surface area contributed by atoms with Gasteiger partial charge in [-0.2, -0.15) is 0 Å². The molecular weight excluding hydrogens is 372 g/mol. The third-order valence-electron chi connectivity index (χ3n) is 5.86. The summed E-state index contributed by atoms with van der Waals surface area (Å²) in [6, 6.07) is 6.54. The highest BCUT2D eigenvalue weighted by molar-refractivity contribution is 5.89. The number of pyridine rings is 2. The number of aliphatic hydroxyl groups is 2. The van der Waals surface area contributed by atoms with Gasteiger partial charge in [-0.15, -0.1) is 0 Å². The number of aldehydes is 1. The van der Waals surface area contributed by atoms with E-state index in [4.69, 9.17) is 4.98 Å². The fourth-order valence-electron chi connectivity index (χ4n) is 4.22. The summed E-state index contributed by atoms with van der Waals surface area (Å²) in [4.78, 5) is 29.4. The molecule has 29 heavy (non-hydrogen) atoms. The predicted octanol–water partition coefficient (Wildman–Crippen LogP) is 1.98. The molecule has 150 valence electrons. The monoisotopic (exact) mass is 394 g/mol. The number of fused-ring (bicyclic) bond motifs is 4. The molecule has 0 fully saturated rings. The Labute approximate surface area is 166 Å². The van der Waals surface area contributed by atoms with Crippen molar-refractivity contribution >= 4 is 17.2 Å². The molecule has 1 aromatic carbocycles. The van der Waals surface area contributed by atoms with Crippen LogP contribution >= 0.6 is 0 Å². The van der Waals surface area contributed by atoms with Crippen molar-refractivity contribution in [1.29, 1.82) is 0 Å². The number of phenolic OH excluding ortho intramolecular Hbond substituents is 1. The minimum Gasteiger partial charge on any atom is -0.508 e. The highest BCUT2D eigenvalue weighted by Crippen LogP contribution is 2.38. The average molecular weight is 394 g/mol. The maximum atomic E-state index is 13.1. The van der Waals surface area contributed by atoms with Gasteiger partial charge in [0.05, 0.1) is 30.1 Å². The zero-order valence-electron chi connectivity index (χ0n) is 16.3. The molecule has 0 saturated heterocycles. The Kier molecular flexibility index (Phi) is 4.52. The Balaban J connectivity index is 2.08. The highest BCUT2D eigenvalue weighted by Gasteiger charge is 2.35. The number of aromatic hydroxyl groups is 1. The summed E-state index contributed by atoms with van der Waals surface area (Å²) in [6.45, 7) is 3.34. The highest BCUT2D eigenvalue weighted by atomic mass is 16.3. The van der Waals surface area contributed by atoms with Crippen molar-refractivity contribution in [3.8, 4) is 17.1 Å². The number of hydrogen-bond acceptors (Lipinski definition) is 6. The Morgan fingerprint density at radius 2 is 2.00 bits per heavy atom. The van der Waals surface area contributed by atoms with E-state index in [2.05, 4.69) is 0 Å². The van der Waals surface area contributed by atoms with Crippen LogP contribution in [0.2, 0.25) is 0 Å². The summed E-state index contributed by atoms with van der Waals surface area (Å²) in [5.74, 6) is 0.144. The second-order valence-electron chi connectivity index (χ2n) is 7.34. The van der Waals surface area contributed by atoms with Gasteiger partial charge in [-0.25, -0.2) is 4.98 Å². The topological polar surface area (TPSA) is 113 Å². The molecule has 0 spiro atoms. The van der Waals surface area contributed by atoms with Gasteiger partial charge in [0, 0.05) is 22.1 Å². The summed E-state index contributed by atoms with van der Waals surface area (Å²) in [5, 5.41) is 31.3. The SMILES string of the molecule is CCc1c2c(nc3ccc(O)cc13)-c1cc(C(O)(C=O)CC)c(CO)c(=O)n1C2. The molecule has 0 amide bonds.